The quantitative estimate of drug-likeness (QED) is 0.617. The summed E-state index contributed by atoms with van der Waals surface area (Å²) in [6.45, 7) is 0. The zero-order chi connectivity index (χ0) is 10.1. The molecule has 0 saturated heterocycles. The van der Waals surface area contributed by atoms with Crippen LogP contribution < -0.4 is 0 Å². The Bertz CT molecular complexity index is 360. The molecule has 0 aliphatic carbocycles. The summed E-state index contributed by atoms with van der Waals surface area (Å²) in [6.07, 6.45) is 0.421. The lowest BCUT2D eigenvalue weighted by Gasteiger charge is -2.07. The number of hydrogen-bond acceptors (Lipinski definition) is 1. The second-order valence-corrected chi connectivity index (χ2v) is 2.41. The highest BCUT2D eigenvalue weighted by Crippen LogP contribution is 2.31. The molecule has 0 saturated carbocycles. The lowest BCUT2D eigenvalue weighted by molar-refractivity contribution is -0.137. The number of rotatable bonds is 0. The van der Waals surface area contributed by atoms with Gasteiger partial charge in [0, 0.05) is 5.56 Å². The fraction of sp³-hybridized carbons (Fsp3) is 0.111. The van der Waals surface area contributed by atoms with E-state index < -0.39 is 17.5 Å². The second kappa shape index (κ2) is 3.02. The van der Waals surface area contributed by atoms with E-state index in [4.69, 9.17) is 11.5 Å². The van der Waals surface area contributed by atoms with Crippen LogP contribution >= 0.6 is 0 Å². The van der Waals surface area contributed by atoms with Gasteiger partial charge in [-0.05, 0) is 18.2 Å². The van der Waals surface area contributed by atoms with Gasteiger partial charge >= 0.3 is 6.18 Å². The van der Waals surface area contributed by atoms with E-state index in [2.05, 4.69) is 0 Å². The van der Waals surface area contributed by atoms with E-state index in [0.717, 1.165) is 12.1 Å². The minimum absolute atomic E-state index is 0.00678. The smallest absolute Gasteiger partial charge is 0.416 e. The summed E-state index contributed by atoms with van der Waals surface area (Å²) < 4.78 is 36.3. The topological polar surface area (TPSA) is 20.2 Å². The Balaban J connectivity index is 3.26. The van der Waals surface area contributed by atoms with E-state index in [9.17, 15) is 13.2 Å². The minimum Gasteiger partial charge on any atom is -0.508 e. The van der Waals surface area contributed by atoms with Crippen LogP contribution in [0.2, 0.25) is 0 Å². The number of benzene rings is 1. The van der Waals surface area contributed by atoms with Gasteiger partial charge in [-0.2, -0.15) is 13.2 Å². The molecule has 0 atom stereocenters. The van der Waals surface area contributed by atoms with Crippen molar-refractivity contribution in [1.82, 2.24) is 0 Å². The van der Waals surface area contributed by atoms with Gasteiger partial charge in [-0.15, -0.1) is 6.42 Å². The van der Waals surface area contributed by atoms with Crippen molar-refractivity contribution < 1.29 is 18.3 Å². The molecule has 1 aromatic rings. The molecular formula is C9H5F3O. The van der Waals surface area contributed by atoms with Crippen LogP contribution in [0.3, 0.4) is 0 Å². The first-order valence-electron chi connectivity index (χ1n) is 3.31. The molecule has 0 aliphatic heterocycles. The number of terminal acetylenes is 1. The summed E-state index contributed by atoms with van der Waals surface area (Å²) >= 11 is 0. The maximum atomic E-state index is 12.1. The molecule has 0 bridgehead atoms. The lowest BCUT2D eigenvalue weighted by atomic mass is 10.1. The molecule has 1 nitrogen and oxygen atoms in total. The predicted octanol–water partition coefficient (Wildman–Crippen LogP) is 2.39. The van der Waals surface area contributed by atoms with E-state index in [-0.39, 0.29) is 5.56 Å². The molecule has 0 unspecified atom stereocenters. The highest BCUT2D eigenvalue weighted by Gasteiger charge is 2.31. The summed E-state index contributed by atoms with van der Waals surface area (Å²) in [5.41, 5.74) is -0.937. The second-order valence-electron chi connectivity index (χ2n) is 2.41. The van der Waals surface area contributed by atoms with E-state index >= 15 is 0 Å². The zero-order valence-corrected chi connectivity index (χ0v) is 6.39. The normalized spacial score (nSPS) is 10.9. The molecule has 0 amide bonds. The van der Waals surface area contributed by atoms with Crippen LogP contribution in [0.15, 0.2) is 18.2 Å². The van der Waals surface area contributed by atoms with Gasteiger partial charge in [-0.3, -0.25) is 0 Å². The van der Waals surface area contributed by atoms with Crippen LogP contribution in [0.4, 0.5) is 13.2 Å². The molecule has 0 fully saturated rings. The molecule has 13 heavy (non-hydrogen) atoms. The van der Waals surface area contributed by atoms with E-state index in [1.807, 2.05) is 5.92 Å². The molecule has 68 valence electrons. The van der Waals surface area contributed by atoms with Gasteiger partial charge in [0.1, 0.15) is 5.75 Å². The van der Waals surface area contributed by atoms with Gasteiger partial charge in [-0.1, -0.05) is 5.92 Å². The summed E-state index contributed by atoms with van der Waals surface area (Å²) in [4.78, 5) is 0. The molecule has 1 N–H and O–H groups in total. The van der Waals surface area contributed by atoms with Crippen molar-refractivity contribution >= 4 is 0 Å². The summed E-state index contributed by atoms with van der Waals surface area (Å²) in [7, 11) is 0. The Morgan fingerprint density at radius 1 is 1.23 bits per heavy atom. The minimum atomic E-state index is -4.48. The lowest BCUT2D eigenvalue weighted by Crippen LogP contribution is -2.04. The molecule has 0 aromatic heterocycles. The third kappa shape index (κ3) is 2.15. The SMILES string of the molecule is C#Cc1cc(O)cc(C(F)(F)F)c1. The predicted molar refractivity (Wildman–Crippen MR) is 41.0 cm³/mol. The van der Waals surface area contributed by atoms with Crippen LogP contribution in [0.5, 0.6) is 5.75 Å². The van der Waals surface area contributed by atoms with Gasteiger partial charge < -0.3 is 5.11 Å². The van der Waals surface area contributed by atoms with Crippen molar-refractivity contribution in [2.45, 2.75) is 6.18 Å². The molecular weight excluding hydrogens is 181 g/mol. The summed E-state index contributed by atoms with van der Waals surface area (Å²) in [5.74, 6) is 1.54. The Morgan fingerprint density at radius 3 is 2.31 bits per heavy atom. The third-order valence-electron chi connectivity index (χ3n) is 1.41. The highest BCUT2D eigenvalue weighted by molar-refractivity contribution is 5.42. The third-order valence-corrected chi connectivity index (χ3v) is 1.41. The van der Waals surface area contributed by atoms with Crippen molar-refractivity contribution in [2.24, 2.45) is 0 Å². The van der Waals surface area contributed by atoms with Crippen molar-refractivity contribution in [3.63, 3.8) is 0 Å². The summed E-state index contributed by atoms with van der Waals surface area (Å²) in [5, 5.41) is 8.89. The van der Waals surface area contributed by atoms with Gasteiger partial charge in [-0.25, -0.2) is 0 Å². The fourth-order valence-electron chi connectivity index (χ4n) is 0.858. The summed E-state index contributed by atoms with van der Waals surface area (Å²) in [6, 6.07) is 2.52. The largest absolute Gasteiger partial charge is 0.508 e. The first-order valence-corrected chi connectivity index (χ1v) is 3.31. The number of phenolic OH excluding ortho intramolecular Hbond substituents is 1. The highest BCUT2D eigenvalue weighted by atomic mass is 19.4. The van der Waals surface area contributed by atoms with Gasteiger partial charge in [0.15, 0.2) is 0 Å². The Hall–Kier alpha value is -1.63. The maximum Gasteiger partial charge on any atom is 0.416 e. The number of phenols is 1. The molecule has 0 aliphatic rings. The van der Waals surface area contributed by atoms with Crippen LogP contribution in [-0.2, 0) is 6.18 Å². The Labute approximate surface area is 72.8 Å². The number of aromatic hydroxyl groups is 1. The standard InChI is InChI=1S/C9H5F3O/c1-2-6-3-7(9(10,11)12)5-8(13)4-6/h1,3-5,13H. The van der Waals surface area contributed by atoms with Crippen molar-refractivity contribution in [1.29, 1.82) is 0 Å². The van der Waals surface area contributed by atoms with E-state index in [1.54, 1.807) is 0 Å². The molecule has 0 radical (unpaired) electrons. The van der Waals surface area contributed by atoms with Crippen LogP contribution in [0, 0.1) is 12.3 Å². The fourth-order valence-corrected chi connectivity index (χ4v) is 0.858. The van der Waals surface area contributed by atoms with E-state index in [1.165, 1.54) is 0 Å². The van der Waals surface area contributed by atoms with Gasteiger partial charge in [0.05, 0.1) is 5.56 Å². The monoisotopic (exact) mass is 186 g/mol. The van der Waals surface area contributed by atoms with Crippen LogP contribution in [-0.4, -0.2) is 5.11 Å². The number of hydrogen-bond donors (Lipinski definition) is 1. The van der Waals surface area contributed by atoms with Gasteiger partial charge in [0.25, 0.3) is 0 Å². The Kier molecular flexibility index (Phi) is 2.20. The molecule has 1 rings (SSSR count). The molecule has 1 aromatic carbocycles. The first-order chi connectivity index (χ1) is 5.93. The van der Waals surface area contributed by atoms with E-state index in [0.29, 0.717) is 6.07 Å². The number of alkyl halides is 3. The van der Waals surface area contributed by atoms with Gasteiger partial charge in [0.2, 0.25) is 0 Å². The molecule has 0 spiro atoms. The van der Waals surface area contributed by atoms with Crippen LogP contribution in [0.25, 0.3) is 0 Å². The molecule has 0 heterocycles. The average molecular weight is 186 g/mol. The average Bonchev–Trinajstić information content (AvgIpc) is 2.01. The zero-order valence-electron chi connectivity index (χ0n) is 6.39. The number of halogens is 3. The maximum absolute atomic E-state index is 12.1. The van der Waals surface area contributed by atoms with Crippen molar-refractivity contribution in [2.75, 3.05) is 0 Å². The Morgan fingerprint density at radius 2 is 1.85 bits per heavy atom. The van der Waals surface area contributed by atoms with Crippen molar-refractivity contribution in [3.05, 3.63) is 29.3 Å². The van der Waals surface area contributed by atoms with Crippen LogP contribution in [0.1, 0.15) is 11.1 Å². The first kappa shape index (κ1) is 9.46. The van der Waals surface area contributed by atoms with Crippen molar-refractivity contribution in [3.8, 4) is 18.1 Å². The molecule has 4 heteroatoms.